The molecule has 0 spiro atoms. The van der Waals surface area contributed by atoms with Gasteiger partial charge in [0.25, 0.3) is 0 Å². The van der Waals surface area contributed by atoms with Gasteiger partial charge in [0.1, 0.15) is 5.82 Å². The van der Waals surface area contributed by atoms with Crippen LogP contribution in [0, 0.1) is 5.82 Å². The molecule has 21 heavy (non-hydrogen) atoms. The van der Waals surface area contributed by atoms with Crippen LogP contribution in [0.5, 0.6) is 0 Å². The fourth-order valence-corrected chi connectivity index (χ4v) is 4.77. The Kier molecular flexibility index (Phi) is 6.04. The fraction of sp³-hybridized carbons (Fsp3) is 0.571. The van der Waals surface area contributed by atoms with E-state index in [-0.39, 0.29) is 4.90 Å². The van der Waals surface area contributed by atoms with Crippen molar-refractivity contribution in [3.8, 4) is 0 Å². The molecular formula is C14H21FN2O2S2. The van der Waals surface area contributed by atoms with Crippen molar-refractivity contribution in [3.63, 3.8) is 0 Å². The third-order valence-electron chi connectivity index (χ3n) is 3.47. The maximum atomic E-state index is 13.6. The highest BCUT2D eigenvalue weighted by atomic mass is 32.2. The Hall–Kier alpha value is -0.630. The third kappa shape index (κ3) is 4.67. The van der Waals surface area contributed by atoms with Crippen LogP contribution in [0.4, 0.5) is 4.39 Å². The molecule has 0 saturated carbocycles. The third-order valence-corrected chi connectivity index (χ3v) is 6.29. The molecular weight excluding hydrogens is 311 g/mol. The van der Waals surface area contributed by atoms with Crippen molar-refractivity contribution in [1.82, 2.24) is 10.0 Å². The van der Waals surface area contributed by atoms with Gasteiger partial charge >= 0.3 is 0 Å². The Labute approximate surface area is 129 Å². The maximum Gasteiger partial charge on any atom is 0.240 e. The number of rotatable bonds is 6. The molecule has 1 fully saturated rings. The Morgan fingerprint density at radius 1 is 1.38 bits per heavy atom. The first-order valence-corrected chi connectivity index (χ1v) is 9.60. The van der Waals surface area contributed by atoms with E-state index >= 15 is 0 Å². The molecule has 0 radical (unpaired) electrons. The van der Waals surface area contributed by atoms with Crippen LogP contribution in [-0.4, -0.2) is 33.0 Å². The minimum Gasteiger partial charge on any atom is -0.316 e. The van der Waals surface area contributed by atoms with Gasteiger partial charge in [-0.1, -0.05) is 6.42 Å². The van der Waals surface area contributed by atoms with Gasteiger partial charge in [-0.05, 0) is 43.8 Å². The van der Waals surface area contributed by atoms with Crippen LogP contribution in [0.15, 0.2) is 23.1 Å². The van der Waals surface area contributed by atoms with Gasteiger partial charge in [-0.2, -0.15) is 11.8 Å². The van der Waals surface area contributed by atoms with E-state index in [1.54, 1.807) is 7.05 Å². The summed E-state index contributed by atoms with van der Waals surface area (Å²) in [5.41, 5.74) is 0.354. The predicted octanol–water partition coefficient (Wildman–Crippen LogP) is 2.11. The van der Waals surface area contributed by atoms with Crippen LogP contribution < -0.4 is 10.0 Å². The van der Waals surface area contributed by atoms with E-state index < -0.39 is 15.8 Å². The number of thioether (sulfide) groups is 1. The van der Waals surface area contributed by atoms with E-state index in [4.69, 9.17) is 0 Å². The highest BCUT2D eigenvalue weighted by Gasteiger charge is 2.20. The normalized spacial score (nSPS) is 19.6. The van der Waals surface area contributed by atoms with Crippen molar-refractivity contribution in [2.24, 2.45) is 0 Å². The van der Waals surface area contributed by atoms with Crippen LogP contribution >= 0.6 is 11.8 Å². The molecule has 4 nitrogen and oxygen atoms in total. The Morgan fingerprint density at radius 2 is 2.19 bits per heavy atom. The molecule has 1 atom stereocenters. The summed E-state index contributed by atoms with van der Waals surface area (Å²) in [5.74, 6) is 0.695. The quantitative estimate of drug-likeness (QED) is 0.838. The number of sulfonamides is 1. The van der Waals surface area contributed by atoms with Crippen LogP contribution in [0.3, 0.4) is 0 Å². The van der Waals surface area contributed by atoms with Gasteiger partial charge in [0, 0.05) is 23.9 Å². The molecule has 1 unspecified atom stereocenters. The first-order chi connectivity index (χ1) is 10.0. The second-order valence-electron chi connectivity index (χ2n) is 5.12. The molecule has 0 amide bonds. The van der Waals surface area contributed by atoms with Crippen molar-refractivity contribution in [2.45, 2.75) is 36.0 Å². The van der Waals surface area contributed by atoms with Crippen molar-refractivity contribution < 1.29 is 12.8 Å². The molecule has 1 aromatic rings. The van der Waals surface area contributed by atoms with E-state index in [1.807, 2.05) is 11.8 Å². The van der Waals surface area contributed by atoms with Crippen LogP contribution in [-0.2, 0) is 16.6 Å². The maximum absolute atomic E-state index is 13.6. The second kappa shape index (κ2) is 7.58. The first-order valence-electron chi connectivity index (χ1n) is 7.07. The van der Waals surface area contributed by atoms with Gasteiger partial charge in [0.15, 0.2) is 0 Å². The van der Waals surface area contributed by atoms with Gasteiger partial charge in [-0.3, -0.25) is 0 Å². The lowest BCUT2D eigenvalue weighted by Crippen LogP contribution is -2.32. The average molecular weight is 332 g/mol. The standard InChI is InChI=1S/C14H21FN2O2S2/c1-16-9-11-8-13(5-6-14(11)15)21(18,19)17-10-12-4-2-3-7-20-12/h5-6,8,12,16-17H,2-4,7,9-10H2,1H3. The molecule has 1 aliphatic heterocycles. The number of benzene rings is 1. The summed E-state index contributed by atoms with van der Waals surface area (Å²) < 4.78 is 40.8. The molecule has 1 saturated heterocycles. The van der Waals surface area contributed by atoms with Crippen molar-refractivity contribution in [3.05, 3.63) is 29.6 Å². The van der Waals surface area contributed by atoms with E-state index in [2.05, 4.69) is 10.0 Å². The molecule has 0 bridgehead atoms. The van der Waals surface area contributed by atoms with Gasteiger partial charge in [0.2, 0.25) is 10.0 Å². The number of halogens is 1. The average Bonchev–Trinajstić information content (AvgIpc) is 2.49. The molecule has 0 aliphatic carbocycles. The SMILES string of the molecule is CNCc1cc(S(=O)(=O)NCC2CCCCS2)ccc1F. The van der Waals surface area contributed by atoms with Crippen LogP contribution in [0.1, 0.15) is 24.8 Å². The molecule has 1 aliphatic rings. The number of hydrogen-bond donors (Lipinski definition) is 2. The first kappa shape index (κ1) is 16.7. The monoisotopic (exact) mass is 332 g/mol. The zero-order valence-electron chi connectivity index (χ0n) is 12.1. The van der Waals surface area contributed by atoms with Crippen molar-refractivity contribution in [2.75, 3.05) is 19.3 Å². The summed E-state index contributed by atoms with van der Waals surface area (Å²) in [5, 5.41) is 3.17. The molecule has 118 valence electrons. The molecule has 2 N–H and O–H groups in total. The minimum atomic E-state index is -3.58. The lowest BCUT2D eigenvalue weighted by molar-refractivity contribution is 0.571. The van der Waals surface area contributed by atoms with E-state index in [0.717, 1.165) is 18.6 Å². The summed E-state index contributed by atoms with van der Waals surface area (Å²) >= 11 is 1.82. The van der Waals surface area contributed by atoms with Crippen molar-refractivity contribution >= 4 is 21.8 Å². The van der Waals surface area contributed by atoms with E-state index in [1.165, 1.54) is 24.6 Å². The van der Waals surface area contributed by atoms with Gasteiger partial charge in [-0.15, -0.1) is 0 Å². The Morgan fingerprint density at radius 3 is 2.86 bits per heavy atom. The van der Waals surface area contributed by atoms with Crippen LogP contribution in [0.2, 0.25) is 0 Å². The predicted molar refractivity (Wildman–Crippen MR) is 84.4 cm³/mol. The lowest BCUT2D eigenvalue weighted by atomic mass is 10.2. The van der Waals surface area contributed by atoms with Gasteiger partial charge < -0.3 is 5.32 Å². The highest BCUT2D eigenvalue weighted by Crippen LogP contribution is 2.25. The zero-order valence-corrected chi connectivity index (χ0v) is 13.7. The zero-order chi connectivity index (χ0) is 15.3. The summed E-state index contributed by atoms with van der Waals surface area (Å²) in [6.07, 6.45) is 3.41. The molecule has 1 heterocycles. The molecule has 7 heteroatoms. The van der Waals surface area contributed by atoms with Crippen LogP contribution in [0.25, 0.3) is 0 Å². The van der Waals surface area contributed by atoms with Crippen molar-refractivity contribution in [1.29, 1.82) is 0 Å². The topological polar surface area (TPSA) is 58.2 Å². The molecule has 2 rings (SSSR count). The summed E-state index contributed by atoms with van der Waals surface area (Å²) in [7, 11) is -1.88. The van der Waals surface area contributed by atoms with Gasteiger partial charge in [-0.25, -0.2) is 17.5 Å². The summed E-state index contributed by atoms with van der Waals surface area (Å²) in [6, 6.07) is 3.91. The highest BCUT2D eigenvalue weighted by molar-refractivity contribution is 8.00. The summed E-state index contributed by atoms with van der Waals surface area (Å²) in [4.78, 5) is 0.120. The lowest BCUT2D eigenvalue weighted by Gasteiger charge is -2.21. The summed E-state index contributed by atoms with van der Waals surface area (Å²) in [6.45, 7) is 0.736. The molecule has 1 aromatic carbocycles. The fourth-order valence-electron chi connectivity index (χ4n) is 2.30. The van der Waals surface area contributed by atoms with E-state index in [9.17, 15) is 12.8 Å². The minimum absolute atomic E-state index is 0.120. The Bertz CT molecular complexity index is 572. The second-order valence-corrected chi connectivity index (χ2v) is 8.30. The number of hydrogen-bond acceptors (Lipinski definition) is 4. The largest absolute Gasteiger partial charge is 0.316 e. The Balaban J connectivity index is 2.06. The number of nitrogens with one attached hydrogen (secondary N) is 2. The van der Waals surface area contributed by atoms with E-state index in [0.29, 0.717) is 23.9 Å². The smallest absolute Gasteiger partial charge is 0.240 e. The molecule has 0 aromatic heterocycles. The van der Waals surface area contributed by atoms with Gasteiger partial charge in [0.05, 0.1) is 4.90 Å².